The van der Waals surface area contributed by atoms with E-state index in [2.05, 4.69) is 62.3 Å². The van der Waals surface area contributed by atoms with Gasteiger partial charge in [0, 0.05) is 23.7 Å². The standard InChI is InChI=1S/C23H29N3O/c1-15(2)18-7-9-19(10-8-18)23(16(3)4)24-13-20-12-22(27)26-14-17(5)6-11-21(26)25-20/h6-12,14-16,23-24H,13H2,1-5H3/p+1/t23-/m1/s1. The number of rotatable bonds is 6. The third-order valence-corrected chi connectivity index (χ3v) is 5.15. The molecular weight excluding hydrogens is 334 g/mol. The third kappa shape index (κ3) is 4.45. The van der Waals surface area contributed by atoms with E-state index in [0.717, 1.165) is 11.3 Å². The first-order valence-corrected chi connectivity index (χ1v) is 9.77. The minimum atomic E-state index is -0.0190. The Bertz CT molecular complexity index is 971. The molecule has 27 heavy (non-hydrogen) atoms. The van der Waals surface area contributed by atoms with E-state index < -0.39 is 0 Å². The van der Waals surface area contributed by atoms with Gasteiger partial charge in [-0.25, -0.2) is 4.98 Å². The second-order valence-corrected chi connectivity index (χ2v) is 8.05. The van der Waals surface area contributed by atoms with Crippen molar-refractivity contribution in [1.82, 2.24) is 9.38 Å². The first-order valence-electron chi connectivity index (χ1n) is 9.77. The zero-order valence-corrected chi connectivity index (χ0v) is 16.9. The summed E-state index contributed by atoms with van der Waals surface area (Å²) in [5, 5.41) is 2.29. The van der Waals surface area contributed by atoms with Crippen LogP contribution < -0.4 is 10.9 Å². The number of aryl methyl sites for hydroxylation is 1. The number of aromatic nitrogens is 2. The minimum absolute atomic E-state index is 0.0190. The summed E-state index contributed by atoms with van der Waals surface area (Å²) in [6, 6.07) is 14.8. The maximum atomic E-state index is 12.4. The zero-order chi connectivity index (χ0) is 19.6. The Morgan fingerprint density at radius 3 is 2.30 bits per heavy atom. The van der Waals surface area contributed by atoms with Crippen molar-refractivity contribution in [2.75, 3.05) is 0 Å². The average molecular weight is 365 g/mol. The predicted molar refractivity (Wildman–Crippen MR) is 110 cm³/mol. The van der Waals surface area contributed by atoms with E-state index in [1.807, 2.05) is 25.3 Å². The molecule has 0 saturated heterocycles. The van der Waals surface area contributed by atoms with E-state index >= 15 is 0 Å². The molecule has 3 aromatic rings. The summed E-state index contributed by atoms with van der Waals surface area (Å²) < 4.78 is 1.61. The third-order valence-electron chi connectivity index (χ3n) is 5.15. The van der Waals surface area contributed by atoms with E-state index in [1.54, 1.807) is 10.5 Å². The van der Waals surface area contributed by atoms with Crippen LogP contribution in [-0.4, -0.2) is 9.38 Å². The highest BCUT2D eigenvalue weighted by Crippen LogP contribution is 2.21. The molecule has 0 unspecified atom stereocenters. The molecule has 0 radical (unpaired) electrons. The largest absolute Gasteiger partial charge is 0.335 e. The Balaban J connectivity index is 1.81. The molecule has 0 amide bonds. The van der Waals surface area contributed by atoms with Gasteiger partial charge in [0.1, 0.15) is 23.9 Å². The molecule has 2 heterocycles. The molecule has 142 valence electrons. The number of benzene rings is 1. The van der Waals surface area contributed by atoms with Crippen LogP contribution in [0.3, 0.4) is 0 Å². The molecule has 2 N–H and O–H groups in total. The molecule has 0 spiro atoms. The van der Waals surface area contributed by atoms with Crippen molar-refractivity contribution in [3.05, 3.63) is 81.4 Å². The van der Waals surface area contributed by atoms with Gasteiger partial charge in [0.25, 0.3) is 5.56 Å². The van der Waals surface area contributed by atoms with Gasteiger partial charge < -0.3 is 5.32 Å². The molecular formula is C23H30N3O+. The van der Waals surface area contributed by atoms with E-state index in [-0.39, 0.29) is 5.56 Å². The monoisotopic (exact) mass is 364 g/mol. The Labute approximate surface area is 161 Å². The van der Waals surface area contributed by atoms with Crippen molar-refractivity contribution >= 4 is 5.65 Å². The molecule has 3 rings (SSSR count). The van der Waals surface area contributed by atoms with Gasteiger partial charge in [-0.3, -0.25) is 9.20 Å². The van der Waals surface area contributed by atoms with Crippen LogP contribution in [0.4, 0.5) is 0 Å². The Morgan fingerprint density at radius 2 is 1.67 bits per heavy atom. The molecule has 1 aromatic carbocycles. The van der Waals surface area contributed by atoms with Crippen LogP contribution in [-0.2, 0) is 6.54 Å². The lowest BCUT2D eigenvalue weighted by atomic mass is 9.93. The lowest BCUT2D eigenvalue weighted by Crippen LogP contribution is -2.84. The van der Waals surface area contributed by atoms with Gasteiger partial charge >= 0.3 is 0 Å². The molecule has 1 atom stereocenters. The van der Waals surface area contributed by atoms with Crippen LogP contribution in [0.1, 0.15) is 62.0 Å². The molecule has 0 fully saturated rings. The minimum Gasteiger partial charge on any atom is -0.335 e. The number of nitrogens with two attached hydrogens (primary N) is 1. The van der Waals surface area contributed by atoms with E-state index in [9.17, 15) is 4.79 Å². The number of quaternary nitrogens is 1. The fraction of sp³-hybridized carbons (Fsp3) is 0.391. The first-order chi connectivity index (χ1) is 12.8. The van der Waals surface area contributed by atoms with Crippen molar-refractivity contribution in [2.24, 2.45) is 5.92 Å². The summed E-state index contributed by atoms with van der Waals surface area (Å²) in [7, 11) is 0. The van der Waals surface area contributed by atoms with Gasteiger partial charge in [-0.05, 0) is 30.0 Å². The fourth-order valence-corrected chi connectivity index (χ4v) is 3.51. The summed E-state index contributed by atoms with van der Waals surface area (Å²) in [5.74, 6) is 1.03. The Kier molecular flexibility index (Phi) is 5.76. The van der Waals surface area contributed by atoms with Gasteiger partial charge in [-0.15, -0.1) is 0 Å². The fourth-order valence-electron chi connectivity index (χ4n) is 3.51. The maximum absolute atomic E-state index is 12.4. The number of hydrogen-bond donors (Lipinski definition) is 1. The molecule has 0 saturated carbocycles. The van der Waals surface area contributed by atoms with E-state index in [1.165, 1.54) is 11.1 Å². The Hall–Kier alpha value is -2.46. The SMILES string of the molecule is Cc1ccc2nc(C[NH2+][C@@H](c3ccc(C(C)C)cc3)C(C)C)cc(=O)n2c1. The molecule has 2 aromatic heterocycles. The lowest BCUT2D eigenvalue weighted by molar-refractivity contribution is -0.717. The Morgan fingerprint density at radius 1 is 1.00 bits per heavy atom. The van der Waals surface area contributed by atoms with Crippen LogP contribution in [0.2, 0.25) is 0 Å². The number of fused-ring (bicyclic) bond motifs is 1. The highest BCUT2D eigenvalue weighted by atomic mass is 16.1. The average Bonchev–Trinajstić information content (AvgIpc) is 2.62. The normalized spacial score (nSPS) is 12.9. The van der Waals surface area contributed by atoms with Crippen molar-refractivity contribution in [3.8, 4) is 0 Å². The second-order valence-electron chi connectivity index (χ2n) is 8.05. The smallest absolute Gasteiger partial charge is 0.258 e. The van der Waals surface area contributed by atoms with Crippen LogP contribution in [0.5, 0.6) is 0 Å². The molecule has 4 nitrogen and oxygen atoms in total. The van der Waals surface area contributed by atoms with Gasteiger partial charge in [0.15, 0.2) is 0 Å². The predicted octanol–water partition coefficient (Wildman–Crippen LogP) is 3.59. The summed E-state index contributed by atoms with van der Waals surface area (Å²) >= 11 is 0. The molecule has 0 aliphatic heterocycles. The van der Waals surface area contributed by atoms with Gasteiger partial charge in [0.05, 0.1) is 0 Å². The summed E-state index contributed by atoms with van der Waals surface area (Å²) in [4.78, 5) is 17.1. The molecule has 0 aliphatic carbocycles. The van der Waals surface area contributed by atoms with E-state index in [4.69, 9.17) is 0 Å². The van der Waals surface area contributed by atoms with Crippen molar-refractivity contribution in [2.45, 2.75) is 53.1 Å². The number of hydrogen-bond acceptors (Lipinski definition) is 2. The first kappa shape index (κ1) is 19.3. The van der Waals surface area contributed by atoms with Crippen LogP contribution >= 0.6 is 0 Å². The van der Waals surface area contributed by atoms with Gasteiger partial charge in [0.2, 0.25) is 0 Å². The number of nitrogens with zero attached hydrogens (tertiary/aromatic N) is 2. The zero-order valence-electron chi connectivity index (χ0n) is 16.9. The number of pyridine rings is 1. The quantitative estimate of drug-likeness (QED) is 0.727. The van der Waals surface area contributed by atoms with Crippen LogP contribution in [0.25, 0.3) is 5.65 Å². The molecule has 0 bridgehead atoms. The summed E-state index contributed by atoms with van der Waals surface area (Å²) in [5.41, 5.74) is 5.25. The highest BCUT2D eigenvalue weighted by Gasteiger charge is 2.20. The van der Waals surface area contributed by atoms with Crippen LogP contribution in [0.15, 0.2) is 53.5 Å². The summed E-state index contributed by atoms with van der Waals surface area (Å²) in [6.07, 6.45) is 1.84. The lowest BCUT2D eigenvalue weighted by Gasteiger charge is -2.20. The van der Waals surface area contributed by atoms with E-state index in [0.29, 0.717) is 30.1 Å². The second kappa shape index (κ2) is 8.05. The highest BCUT2D eigenvalue weighted by molar-refractivity contribution is 5.39. The van der Waals surface area contributed by atoms with Gasteiger partial charge in [-0.1, -0.05) is 58.0 Å². The van der Waals surface area contributed by atoms with Crippen molar-refractivity contribution in [3.63, 3.8) is 0 Å². The molecule has 4 heteroatoms. The van der Waals surface area contributed by atoms with Crippen LogP contribution in [0, 0.1) is 12.8 Å². The van der Waals surface area contributed by atoms with Crippen molar-refractivity contribution < 1.29 is 5.32 Å². The molecule has 0 aliphatic rings. The van der Waals surface area contributed by atoms with Gasteiger partial charge in [-0.2, -0.15) is 0 Å². The van der Waals surface area contributed by atoms with Crippen molar-refractivity contribution in [1.29, 1.82) is 0 Å². The summed E-state index contributed by atoms with van der Waals surface area (Å²) in [6.45, 7) is 11.6. The topological polar surface area (TPSA) is 51.0 Å². The maximum Gasteiger partial charge on any atom is 0.258 e.